The van der Waals surface area contributed by atoms with Gasteiger partial charge in [0, 0.05) is 12.6 Å². The van der Waals surface area contributed by atoms with E-state index in [0.717, 1.165) is 11.1 Å². The van der Waals surface area contributed by atoms with Gasteiger partial charge in [-0.3, -0.25) is 4.79 Å². The van der Waals surface area contributed by atoms with Crippen LogP contribution in [-0.2, 0) is 26.0 Å². The van der Waals surface area contributed by atoms with Gasteiger partial charge in [0.15, 0.2) is 0 Å². The molecule has 7 heteroatoms. The fourth-order valence-corrected chi connectivity index (χ4v) is 5.28. The number of likely N-dealkylation sites (N-methyl/N-ethyl adjacent to an activating group) is 1. The predicted octanol–water partition coefficient (Wildman–Crippen LogP) is 3.71. The number of fused-ring (bicyclic) bond motifs is 1. The van der Waals surface area contributed by atoms with Gasteiger partial charge in [0.05, 0.1) is 10.9 Å². The lowest BCUT2D eigenvalue weighted by atomic mass is 10.1. The van der Waals surface area contributed by atoms with E-state index in [2.05, 4.69) is 0 Å². The molecule has 2 atom stereocenters. The van der Waals surface area contributed by atoms with Crippen LogP contribution in [0.2, 0.25) is 0 Å². The topological polar surface area (TPSA) is 80.8 Å². The van der Waals surface area contributed by atoms with Gasteiger partial charge in [-0.2, -0.15) is 4.31 Å². The monoisotopic (exact) mass is 449 g/mol. The van der Waals surface area contributed by atoms with Gasteiger partial charge in [0.1, 0.15) is 6.10 Å². The molecule has 0 N–H and O–H groups in total. The van der Waals surface area contributed by atoms with Crippen molar-refractivity contribution in [2.75, 3.05) is 7.05 Å². The molecule has 0 aromatic heterocycles. The van der Waals surface area contributed by atoms with Gasteiger partial charge in [-0.1, -0.05) is 72.3 Å². The number of ketones is 1. The standard InChI is InChI=1S/C25H23NO5S/c1-17-12-14-20(15-13-17)32(29,30)26(2)22-16-19-10-6-7-11-21(19)24(22)31-25(28)23(27)18-8-4-3-5-9-18/h3-15,22,24H,16H2,1-2H3/t22-,24+/m0/s1. The molecule has 164 valence electrons. The number of hydrogen-bond acceptors (Lipinski definition) is 5. The molecular weight excluding hydrogens is 426 g/mol. The largest absolute Gasteiger partial charge is 0.450 e. The molecule has 0 spiro atoms. The van der Waals surface area contributed by atoms with Crippen LogP contribution in [0.4, 0.5) is 0 Å². The first-order valence-corrected chi connectivity index (χ1v) is 11.7. The van der Waals surface area contributed by atoms with Crippen LogP contribution in [0, 0.1) is 6.92 Å². The number of nitrogens with zero attached hydrogens (tertiary/aromatic N) is 1. The summed E-state index contributed by atoms with van der Waals surface area (Å²) in [6.45, 7) is 1.88. The second kappa shape index (κ2) is 8.68. The number of ether oxygens (including phenoxy) is 1. The Labute approximate surface area is 187 Å². The van der Waals surface area contributed by atoms with E-state index in [9.17, 15) is 18.0 Å². The van der Waals surface area contributed by atoms with Crippen LogP contribution < -0.4 is 0 Å². The molecule has 0 heterocycles. The SMILES string of the molecule is Cc1ccc(S(=O)(=O)N(C)[C@H]2Cc3ccccc3[C@H]2OC(=O)C(=O)c2ccccc2)cc1. The zero-order valence-corrected chi connectivity index (χ0v) is 18.6. The van der Waals surface area contributed by atoms with Crippen molar-refractivity contribution in [3.05, 3.63) is 101 Å². The maximum Gasteiger partial charge on any atom is 0.380 e. The highest BCUT2D eigenvalue weighted by molar-refractivity contribution is 7.89. The summed E-state index contributed by atoms with van der Waals surface area (Å²) in [5.74, 6) is -1.78. The third-order valence-electron chi connectivity index (χ3n) is 5.76. The molecule has 0 fully saturated rings. The Bertz CT molecular complexity index is 1250. The summed E-state index contributed by atoms with van der Waals surface area (Å²) >= 11 is 0. The average Bonchev–Trinajstić information content (AvgIpc) is 3.17. The van der Waals surface area contributed by atoms with Crippen molar-refractivity contribution in [2.24, 2.45) is 0 Å². The summed E-state index contributed by atoms with van der Waals surface area (Å²) in [7, 11) is -2.36. The van der Waals surface area contributed by atoms with E-state index in [-0.39, 0.29) is 10.5 Å². The fourth-order valence-electron chi connectivity index (χ4n) is 3.93. The molecule has 0 saturated carbocycles. The summed E-state index contributed by atoms with van der Waals surface area (Å²) in [6, 6.07) is 21.4. The molecule has 6 nitrogen and oxygen atoms in total. The van der Waals surface area contributed by atoms with Crippen molar-refractivity contribution < 1.29 is 22.7 Å². The van der Waals surface area contributed by atoms with Crippen LogP contribution in [0.1, 0.15) is 33.2 Å². The van der Waals surface area contributed by atoms with Crippen LogP contribution >= 0.6 is 0 Å². The first-order chi connectivity index (χ1) is 15.3. The third-order valence-corrected chi connectivity index (χ3v) is 7.66. The summed E-state index contributed by atoms with van der Waals surface area (Å²) in [6.07, 6.45) is -0.522. The quantitative estimate of drug-likeness (QED) is 0.326. The van der Waals surface area contributed by atoms with Gasteiger partial charge in [0.25, 0.3) is 5.78 Å². The second-order valence-corrected chi connectivity index (χ2v) is 9.82. The lowest BCUT2D eigenvalue weighted by molar-refractivity contribution is -0.145. The van der Waals surface area contributed by atoms with Gasteiger partial charge >= 0.3 is 5.97 Å². The minimum atomic E-state index is -3.84. The molecule has 0 bridgehead atoms. The van der Waals surface area contributed by atoms with E-state index in [1.54, 1.807) is 54.6 Å². The van der Waals surface area contributed by atoms with Crippen molar-refractivity contribution in [2.45, 2.75) is 30.4 Å². The van der Waals surface area contributed by atoms with E-state index in [1.807, 2.05) is 19.1 Å². The number of carbonyl (C=O) groups is 2. The highest BCUT2D eigenvalue weighted by Crippen LogP contribution is 2.38. The Kier molecular flexibility index (Phi) is 5.95. The number of carbonyl (C=O) groups excluding carboxylic acids is 2. The maximum absolute atomic E-state index is 13.3. The molecule has 3 aromatic rings. The first-order valence-electron chi connectivity index (χ1n) is 10.2. The van der Waals surface area contributed by atoms with Crippen LogP contribution in [0.15, 0.2) is 83.8 Å². The number of hydrogen-bond donors (Lipinski definition) is 0. The van der Waals surface area contributed by atoms with E-state index in [4.69, 9.17) is 4.74 Å². The Morgan fingerprint density at radius 3 is 2.22 bits per heavy atom. The van der Waals surface area contributed by atoms with Crippen LogP contribution in [0.5, 0.6) is 0 Å². The van der Waals surface area contributed by atoms with Gasteiger partial charge in [-0.05, 0) is 36.6 Å². The van der Waals surface area contributed by atoms with E-state index >= 15 is 0 Å². The van der Waals surface area contributed by atoms with E-state index in [0.29, 0.717) is 12.0 Å². The smallest absolute Gasteiger partial charge is 0.380 e. The minimum absolute atomic E-state index is 0.159. The van der Waals surface area contributed by atoms with Crippen molar-refractivity contribution in [3.8, 4) is 0 Å². The zero-order valence-electron chi connectivity index (χ0n) is 17.8. The molecule has 1 aliphatic carbocycles. The maximum atomic E-state index is 13.3. The fraction of sp³-hybridized carbons (Fsp3) is 0.200. The molecule has 0 unspecified atom stereocenters. The van der Waals surface area contributed by atoms with Crippen LogP contribution in [-0.4, -0.2) is 37.6 Å². The predicted molar refractivity (Wildman–Crippen MR) is 120 cm³/mol. The zero-order chi connectivity index (χ0) is 22.9. The molecule has 1 aliphatic rings. The number of sulfonamides is 1. The second-order valence-electron chi connectivity index (χ2n) is 7.83. The Morgan fingerprint density at radius 2 is 1.53 bits per heavy atom. The summed E-state index contributed by atoms with van der Waals surface area (Å²) < 4.78 is 33.5. The minimum Gasteiger partial charge on any atom is -0.450 e. The van der Waals surface area contributed by atoms with Gasteiger partial charge in [0.2, 0.25) is 10.0 Å². The summed E-state index contributed by atoms with van der Waals surface area (Å²) in [5, 5.41) is 0. The van der Waals surface area contributed by atoms with Crippen molar-refractivity contribution in [1.82, 2.24) is 4.31 Å². The Hall–Kier alpha value is -3.29. The molecule has 0 radical (unpaired) electrons. The van der Waals surface area contributed by atoms with Crippen molar-refractivity contribution >= 4 is 21.8 Å². The number of esters is 1. The normalized spacial score (nSPS) is 17.7. The number of rotatable bonds is 6. The molecule has 0 aliphatic heterocycles. The Balaban J connectivity index is 1.64. The third kappa shape index (κ3) is 4.09. The highest BCUT2D eigenvalue weighted by Gasteiger charge is 2.42. The molecule has 4 rings (SSSR count). The van der Waals surface area contributed by atoms with Crippen molar-refractivity contribution in [3.63, 3.8) is 0 Å². The lowest BCUT2D eigenvalue weighted by Crippen LogP contribution is -2.41. The molecule has 32 heavy (non-hydrogen) atoms. The average molecular weight is 450 g/mol. The molecule has 0 amide bonds. The van der Waals surface area contributed by atoms with E-state index < -0.39 is 33.9 Å². The molecule has 0 saturated heterocycles. The highest BCUT2D eigenvalue weighted by atomic mass is 32.2. The van der Waals surface area contributed by atoms with Crippen LogP contribution in [0.3, 0.4) is 0 Å². The summed E-state index contributed by atoms with van der Waals surface area (Å²) in [4.78, 5) is 25.4. The first kappa shape index (κ1) is 21.9. The van der Waals surface area contributed by atoms with Gasteiger partial charge in [-0.25, -0.2) is 13.2 Å². The Morgan fingerprint density at radius 1 is 0.906 bits per heavy atom. The van der Waals surface area contributed by atoms with Gasteiger partial charge in [-0.15, -0.1) is 0 Å². The summed E-state index contributed by atoms with van der Waals surface area (Å²) in [5.41, 5.74) is 2.76. The molecular formula is C25H23NO5S. The number of aryl methyl sites for hydroxylation is 1. The van der Waals surface area contributed by atoms with Crippen LogP contribution in [0.25, 0.3) is 0 Å². The number of Topliss-reactive ketones (excluding diaryl/α,β-unsaturated/α-hetero) is 1. The molecule has 3 aromatic carbocycles. The van der Waals surface area contributed by atoms with E-state index in [1.165, 1.54) is 23.5 Å². The van der Waals surface area contributed by atoms with Crippen molar-refractivity contribution in [1.29, 1.82) is 0 Å². The lowest BCUT2D eigenvalue weighted by Gasteiger charge is -2.29. The van der Waals surface area contributed by atoms with Gasteiger partial charge < -0.3 is 4.74 Å². The number of benzene rings is 3.